The van der Waals surface area contributed by atoms with Gasteiger partial charge in [-0.25, -0.2) is 0 Å². The van der Waals surface area contributed by atoms with Gasteiger partial charge in [0.05, 0.1) is 0 Å². The quantitative estimate of drug-likeness (QED) is 0.688. The summed E-state index contributed by atoms with van der Waals surface area (Å²) in [4.78, 5) is 5.05. The van der Waals surface area contributed by atoms with E-state index in [0.717, 1.165) is 45.2 Å². The lowest BCUT2D eigenvalue weighted by molar-refractivity contribution is 0.0101. The van der Waals surface area contributed by atoms with E-state index < -0.39 is 0 Å². The molecule has 1 unspecified atom stereocenters. The minimum atomic E-state index is 0.198. The second-order valence-corrected chi connectivity index (χ2v) is 5.86. The molecule has 3 aliphatic heterocycles. The zero-order valence-electron chi connectivity index (χ0n) is 12.1. The van der Waals surface area contributed by atoms with E-state index in [1.165, 1.54) is 25.9 Å². The number of hydrogen-bond acceptors (Lipinski definition) is 4. The van der Waals surface area contributed by atoms with Gasteiger partial charge in [0.1, 0.15) is 0 Å². The Morgan fingerprint density at radius 3 is 2.39 bits per heavy atom. The Kier molecular flexibility index (Phi) is 5.01. The fourth-order valence-corrected chi connectivity index (χ4v) is 3.68. The number of rotatable bonds is 7. The highest BCUT2D eigenvalue weighted by atomic mass is 15.2. The normalized spacial score (nSPS) is 35.3. The molecule has 0 aromatic carbocycles. The van der Waals surface area contributed by atoms with Crippen molar-refractivity contribution in [2.24, 2.45) is 11.7 Å². The van der Waals surface area contributed by atoms with Crippen molar-refractivity contribution < 1.29 is 0 Å². The van der Waals surface area contributed by atoms with E-state index >= 15 is 0 Å². The molecule has 1 atom stereocenters. The zero-order valence-corrected chi connectivity index (χ0v) is 12.1. The Morgan fingerprint density at radius 1 is 1.28 bits per heavy atom. The largest absolute Gasteiger partial charge is 0.329 e. The summed E-state index contributed by atoms with van der Waals surface area (Å²) in [6.45, 7) is 13.5. The van der Waals surface area contributed by atoms with Gasteiger partial charge in [-0.15, -0.1) is 0 Å². The molecule has 3 rings (SSSR count). The third-order valence-electron chi connectivity index (χ3n) is 5.04. The van der Waals surface area contributed by atoms with Gasteiger partial charge in [0.15, 0.2) is 0 Å². The van der Waals surface area contributed by atoms with Gasteiger partial charge in [-0.1, -0.05) is 13.8 Å². The summed E-state index contributed by atoms with van der Waals surface area (Å²) < 4.78 is 0. The van der Waals surface area contributed by atoms with Crippen molar-refractivity contribution in [2.45, 2.75) is 32.2 Å². The van der Waals surface area contributed by atoms with Crippen LogP contribution in [0.1, 0.15) is 26.7 Å². The number of likely N-dealkylation sites (N-methyl/N-ethyl adjacent to an activating group) is 1. The zero-order chi connectivity index (χ0) is 13.0. The van der Waals surface area contributed by atoms with Crippen LogP contribution in [0, 0.1) is 5.92 Å². The molecule has 0 aliphatic carbocycles. The van der Waals surface area contributed by atoms with Crippen molar-refractivity contribution in [3.8, 4) is 0 Å². The van der Waals surface area contributed by atoms with Gasteiger partial charge in [0.2, 0.25) is 0 Å². The first-order chi connectivity index (χ1) is 8.74. The lowest BCUT2D eigenvalue weighted by Gasteiger charge is -2.53. The molecular formula is C14H30N4. The van der Waals surface area contributed by atoms with E-state index in [4.69, 9.17) is 5.73 Å². The first-order valence-corrected chi connectivity index (χ1v) is 7.64. The van der Waals surface area contributed by atoms with Crippen LogP contribution in [-0.2, 0) is 0 Å². The average Bonchev–Trinajstić information content (AvgIpc) is 2.45. The van der Waals surface area contributed by atoms with Crippen LogP contribution >= 0.6 is 0 Å². The van der Waals surface area contributed by atoms with Crippen molar-refractivity contribution in [2.75, 3.05) is 52.4 Å². The van der Waals surface area contributed by atoms with Crippen LogP contribution in [-0.4, -0.2) is 67.7 Å². The second-order valence-electron chi connectivity index (χ2n) is 5.86. The third kappa shape index (κ3) is 2.87. The molecule has 0 radical (unpaired) electrons. The number of nitrogens with two attached hydrogens (primary N) is 1. The number of hydrogen-bond donors (Lipinski definition) is 2. The number of piperidine rings is 3. The SMILES string of the molecule is CCN(CC)CCNC1(CN)CN2CCC1CC2. The number of nitrogens with one attached hydrogen (secondary N) is 1. The Bertz CT molecular complexity index is 246. The number of nitrogens with zero attached hydrogens (tertiary/aromatic N) is 2. The average molecular weight is 254 g/mol. The molecule has 18 heavy (non-hydrogen) atoms. The lowest BCUT2D eigenvalue weighted by Crippen LogP contribution is -2.69. The topological polar surface area (TPSA) is 44.5 Å². The van der Waals surface area contributed by atoms with Crippen LogP contribution in [0.4, 0.5) is 0 Å². The molecule has 2 bridgehead atoms. The fourth-order valence-electron chi connectivity index (χ4n) is 3.68. The first-order valence-electron chi connectivity index (χ1n) is 7.64. The maximum Gasteiger partial charge on any atom is 0.0462 e. The van der Waals surface area contributed by atoms with Crippen LogP contribution < -0.4 is 11.1 Å². The van der Waals surface area contributed by atoms with Crippen LogP contribution in [0.3, 0.4) is 0 Å². The standard InChI is InChI=1S/C14H30N4/c1-3-17(4-2)10-7-16-14(11-15)12-18-8-5-13(14)6-9-18/h13,16H,3-12,15H2,1-2H3. The molecule has 0 spiro atoms. The van der Waals surface area contributed by atoms with E-state index in [9.17, 15) is 0 Å². The first kappa shape index (κ1) is 14.3. The molecule has 3 heterocycles. The molecule has 0 aromatic rings. The van der Waals surface area contributed by atoms with Crippen molar-refractivity contribution in [3.63, 3.8) is 0 Å². The summed E-state index contributed by atoms with van der Waals surface area (Å²) in [5, 5.41) is 3.81. The van der Waals surface area contributed by atoms with Gasteiger partial charge in [-0.2, -0.15) is 0 Å². The molecule has 3 N–H and O–H groups in total. The van der Waals surface area contributed by atoms with Crippen LogP contribution in [0.15, 0.2) is 0 Å². The van der Waals surface area contributed by atoms with E-state index in [0.29, 0.717) is 0 Å². The summed E-state index contributed by atoms with van der Waals surface area (Å²) in [7, 11) is 0. The molecule has 3 fully saturated rings. The maximum atomic E-state index is 6.10. The third-order valence-corrected chi connectivity index (χ3v) is 5.04. The summed E-state index contributed by atoms with van der Waals surface area (Å²) in [6.07, 6.45) is 2.66. The molecular weight excluding hydrogens is 224 g/mol. The fraction of sp³-hybridized carbons (Fsp3) is 1.00. The Labute approximate surface area is 112 Å². The van der Waals surface area contributed by atoms with E-state index in [2.05, 4.69) is 29.0 Å². The minimum Gasteiger partial charge on any atom is -0.329 e. The Hall–Kier alpha value is -0.160. The van der Waals surface area contributed by atoms with Crippen LogP contribution in [0.25, 0.3) is 0 Å². The molecule has 3 saturated heterocycles. The smallest absolute Gasteiger partial charge is 0.0462 e. The predicted octanol–water partition coefficient (Wildman–Crippen LogP) is 0.341. The van der Waals surface area contributed by atoms with Gasteiger partial charge in [-0.3, -0.25) is 0 Å². The molecule has 0 saturated carbocycles. The highest BCUT2D eigenvalue weighted by Crippen LogP contribution is 2.34. The van der Waals surface area contributed by atoms with Crippen molar-refractivity contribution >= 4 is 0 Å². The Balaban J connectivity index is 1.85. The van der Waals surface area contributed by atoms with Crippen LogP contribution in [0.2, 0.25) is 0 Å². The highest BCUT2D eigenvalue weighted by Gasteiger charge is 2.45. The molecule has 0 amide bonds. The summed E-state index contributed by atoms with van der Waals surface area (Å²) in [5.74, 6) is 0.796. The molecule has 3 aliphatic rings. The van der Waals surface area contributed by atoms with Gasteiger partial charge in [0, 0.05) is 31.7 Å². The molecule has 4 nitrogen and oxygen atoms in total. The van der Waals surface area contributed by atoms with Gasteiger partial charge in [-0.05, 0) is 44.9 Å². The predicted molar refractivity (Wildman–Crippen MR) is 76.7 cm³/mol. The highest BCUT2D eigenvalue weighted by molar-refractivity contribution is 5.04. The van der Waals surface area contributed by atoms with Crippen LogP contribution in [0.5, 0.6) is 0 Å². The number of fused-ring (bicyclic) bond motifs is 3. The van der Waals surface area contributed by atoms with E-state index in [-0.39, 0.29) is 5.54 Å². The summed E-state index contributed by atoms with van der Waals surface area (Å²) in [5.41, 5.74) is 6.30. The Morgan fingerprint density at radius 2 is 1.94 bits per heavy atom. The summed E-state index contributed by atoms with van der Waals surface area (Å²) >= 11 is 0. The van der Waals surface area contributed by atoms with Crippen molar-refractivity contribution in [3.05, 3.63) is 0 Å². The monoisotopic (exact) mass is 254 g/mol. The second kappa shape index (κ2) is 6.33. The van der Waals surface area contributed by atoms with Gasteiger partial charge in [0.25, 0.3) is 0 Å². The van der Waals surface area contributed by atoms with Gasteiger partial charge >= 0.3 is 0 Å². The molecule has 0 aromatic heterocycles. The van der Waals surface area contributed by atoms with Crippen molar-refractivity contribution in [1.29, 1.82) is 0 Å². The minimum absolute atomic E-state index is 0.198. The van der Waals surface area contributed by atoms with Gasteiger partial charge < -0.3 is 20.9 Å². The summed E-state index contributed by atoms with van der Waals surface area (Å²) in [6, 6.07) is 0. The molecule has 4 heteroatoms. The van der Waals surface area contributed by atoms with E-state index in [1.807, 2.05) is 0 Å². The maximum absolute atomic E-state index is 6.10. The van der Waals surface area contributed by atoms with Crippen molar-refractivity contribution in [1.82, 2.24) is 15.1 Å². The lowest BCUT2D eigenvalue weighted by atomic mass is 9.72. The van der Waals surface area contributed by atoms with E-state index in [1.54, 1.807) is 0 Å². The molecule has 106 valence electrons.